The Kier molecular flexibility index (Phi) is 4.92. The number of piperidine rings is 1. The number of amides is 1. The van der Waals surface area contributed by atoms with Gasteiger partial charge in [-0.05, 0) is 75.2 Å². The Hall–Kier alpha value is -1.86. The predicted molar refractivity (Wildman–Crippen MR) is 121 cm³/mol. The maximum absolute atomic E-state index is 13.5. The zero-order chi connectivity index (χ0) is 21.9. The number of para-hydroxylation sites is 1. The number of hydrogen-bond acceptors (Lipinski definition) is 4. The summed E-state index contributed by atoms with van der Waals surface area (Å²) >= 11 is 0. The number of nitrogens with one attached hydrogen (secondary N) is 1. The van der Waals surface area contributed by atoms with Gasteiger partial charge >= 0.3 is 0 Å². The Bertz CT molecular complexity index is 1070. The van der Waals surface area contributed by atoms with Gasteiger partial charge in [-0.15, -0.1) is 0 Å². The molecule has 2 heterocycles. The summed E-state index contributed by atoms with van der Waals surface area (Å²) in [6.45, 7) is 0.858. The predicted octanol–water partition coefficient (Wildman–Crippen LogP) is 4.31. The van der Waals surface area contributed by atoms with Crippen LogP contribution in [0.2, 0.25) is 0 Å². The second kappa shape index (κ2) is 7.59. The van der Waals surface area contributed by atoms with Gasteiger partial charge in [0.05, 0.1) is 0 Å². The number of fused-ring (bicyclic) bond motifs is 1. The normalized spacial score (nSPS) is 34.8. The summed E-state index contributed by atoms with van der Waals surface area (Å²) < 4.78 is 34.2. The van der Waals surface area contributed by atoms with Crippen LogP contribution in [0, 0.1) is 23.2 Å². The van der Waals surface area contributed by atoms with E-state index in [-0.39, 0.29) is 22.5 Å². The Balaban J connectivity index is 1.19. The smallest absolute Gasteiger partial charge is 0.276 e. The van der Waals surface area contributed by atoms with Crippen molar-refractivity contribution in [1.29, 1.82) is 0 Å². The lowest BCUT2D eigenvalue weighted by Crippen LogP contribution is -2.56. The molecular weight excluding hydrogens is 424 g/mol. The highest BCUT2D eigenvalue weighted by Crippen LogP contribution is 2.60. The highest BCUT2D eigenvalue weighted by atomic mass is 32.2. The molecule has 2 aromatic rings. The van der Waals surface area contributed by atoms with Gasteiger partial charge in [-0.2, -0.15) is 4.31 Å². The largest absolute Gasteiger partial charge is 0.443 e. The van der Waals surface area contributed by atoms with Crippen LogP contribution in [-0.4, -0.2) is 37.8 Å². The van der Waals surface area contributed by atoms with Gasteiger partial charge in [-0.25, -0.2) is 8.42 Å². The van der Waals surface area contributed by atoms with E-state index in [9.17, 15) is 13.2 Å². The summed E-state index contributed by atoms with van der Waals surface area (Å²) in [6, 6.07) is 8.75. The van der Waals surface area contributed by atoms with Crippen molar-refractivity contribution in [2.24, 2.45) is 23.2 Å². The van der Waals surface area contributed by atoms with Crippen LogP contribution in [0.5, 0.6) is 0 Å². The fourth-order valence-corrected chi connectivity index (χ4v) is 9.13. The van der Waals surface area contributed by atoms with Crippen molar-refractivity contribution in [1.82, 2.24) is 9.62 Å². The Morgan fingerprint density at radius 1 is 1.06 bits per heavy atom. The minimum atomic E-state index is -3.75. The fourth-order valence-electron chi connectivity index (χ4n) is 7.48. The highest BCUT2D eigenvalue weighted by Gasteiger charge is 2.54. The van der Waals surface area contributed by atoms with Crippen molar-refractivity contribution in [2.45, 2.75) is 68.9 Å². The lowest BCUT2D eigenvalue weighted by molar-refractivity contribution is -0.146. The molecule has 1 atom stereocenters. The Morgan fingerprint density at radius 2 is 1.75 bits per heavy atom. The maximum Gasteiger partial charge on any atom is 0.276 e. The van der Waals surface area contributed by atoms with Crippen LogP contribution in [-0.2, 0) is 14.8 Å². The molecule has 1 saturated heterocycles. The van der Waals surface area contributed by atoms with Crippen LogP contribution in [0.3, 0.4) is 0 Å². The van der Waals surface area contributed by atoms with Crippen LogP contribution in [0.25, 0.3) is 11.0 Å². The molecule has 7 heteroatoms. The lowest BCUT2D eigenvalue weighted by atomic mass is 9.49. The van der Waals surface area contributed by atoms with Crippen LogP contribution >= 0.6 is 0 Å². The minimum absolute atomic E-state index is 0.00184. The molecule has 0 spiro atoms. The van der Waals surface area contributed by atoms with E-state index >= 15 is 0 Å². The number of carbonyl (C=O) groups excluding carboxylic acids is 1. The number of hydrogen-bond donors (Lipinski definition) is 1. The molecule has 4 bridgehead atoms. The summed E-state index contributed by atoms with van der Waals surface area (Å²) in [5.41, 5.74) is 0.376. The quantitative estimate of drug-likeness (QED) is 0.727. The maximum atomic E-state index is 13.5. The zero-order valence-electron chi connectivity index (χ0n) is 18.5. The van der Waals surface area contributed by atoms with E-state index in [4.69, 9.17) is 4.42 Å². The summed E-state index contributed by atoms with van der Waals surface area (Å²) in [5, 5.41) is 4.00. The summed E-state index contributed by atoms with van der Waals surface area (Å²) in [5.74, 6) is 2.31. The standard InChI is InChI=1S/C25H32N2O4S/c28-24(25-13-17-9-18(14-25)11-19(10-17)15-25)26-16-21-6-3-4-8-27(21)32(29,30)23-12-20-5-1-2-7-22(20)31-23/h1-2,5,7,12,17-19,21H,3-4,6,8-11,13-16H2,(H,26,28). The van der Waals surface area contributed by atoms with Crippen LogP contribution in [0.4, 0.5) is 0 Å². The van der Waals surface area contributed by atoms with Gasteiger partial charge in [0.2, 0.25) is 11.0 Å². The number of sulfonamides is 1. The minimum Gasteiger partial charge on any atom is -0.443 e. The molecule has 1 aromatic carbocycles. The third-order valence-corrected chi connectivity index (χ3v) is 10.4. The van der Waals surface area contributed by atoms with Gasteiger partial charge in [0.1, 0.15) is 5.58 Å². The molecule has 4 aliphatic carbocycles. The van der Waals surface area contributed by atoms with E-state index in [0.717, 1.165) is 43.9 Å². The second-order valence-corrected chi connectivity index (χ2v) is 12.6. The molecule has 172 valence electrons. The van der Waals surface area contributed by atoms with E-state index in [2.05, 4.69) is 5.32 Å². The van der Waals surface area contributed by atoms with Crippen LogP contribution < -0.4 is 5.32 Å². The van der Waals surface area contributed by atoms with Gasteiger partial charge in [0.15, 0.2) is 0 Å². The fraction of sp³-hybridized carbons (Fsp3) is 0.640. The monoisotopic (exact) mass is 456 g/mol. The molecule has 32 heavy (non-hydrogen) atoms. The first-order chi connectivity index (χ1) is 15.4. The van der Waals surface area contributed by atoms with Crippen molar-refractivity contribution >= 4 is 26.9 Å². The average molecular weight is 457 g/mol. The van der Waals surface area contributed by atoms with Crippen molar-refractivity contribution < 1.29 is 17.6 Å². The lowest BCUT2D eigenvalue weighted by Gasteiger charge is -2.55. The van der Waals surface area contributed by atoms with Crippen molar-refractivity contribution in [3.05, 3.63) is 30.3 Å². The number of furan rings is 1. The molecule has 5 fully saturated rings. The summed E-state index contributed by atoms with van der Waals surface area (Å²) in [6.07, 6.45) is 9.56. The summed E-state index contributed by atoms with van der Waals surface area (Å²) in [4.78, 5) is 13.4. The van der Waals surface area contributed by atoms with E-state index in [0.29, 0.717) is 36.4 Å². The van der Waals surface area contributed by atoms with E-state index in [1.165, 1.54) is 19.3 Å². The number of rotatable bonds is 5. The first-order valence-electron chi connectivity index (χ1n) is 12.2. The number of carbonyl (C=O) groups is 1. The summed E-state index contributed by atoms with van der Waals surface area (Å²) in [7, 11) is -3.75. The molecule has 1 N–H and O–H groups in total. The first kappa shape index (κ1) is 20.7. The van der Waals surface area contributed by atoms with Crippen LogP contribution in [0.15, 0.2) is 39.8 Å². The van der Waals surface area contributed by atoms with Crippen molar-refractivity contribution in [3.8, 4) is 0 Å². The van der Waals surface area contributed by atoms with E-state index < -0.39 is 10.0 Å². The third kappa shape index (κ3) is 3.39. The first-order valence-corrected chi connectivity index (χ1v) is 13.7. The SMILES string of the molecule is O=C(NCC1CCCCN1S(=O)(=O)c1cc2ccccc2o1)C12CC3CC(CC(C3)C1)C2. The van der Waals surface area contributed by atoms with Crippen LogP contribution in [0.1, 0.15) is 57.8 Å². The van der Waals surface area contributed by atoms with Crippen molar-refractivity contribution in [2.75, 3.05) is 13.1 Å². The molecule has 1 aliphatic heterocycles. The van der Waals surface area contributed by atoms with Gasteiger partial charge in [0.25, 0.3) is 10.0 Å². The number of nitrogens with zero attached hydrogens (tertiary/aromatic N) is 1. The van der Waals surface area contributed by atoms with Gasteiger partial charge in [-0.1, -0.05) is 24.6 Å². The third-order valence-electron chi connectivity index (χ3n) is 8.56. The molecule has 6 nitrogen and oxygen atoms in total. The zero-order valence-corrected chi connectivity index (χ0v) is 19.3. The van der Waals surface area contributed by atoms with Gasteiger partial charge in [0, 0.05) is 36.0 Å². The average Bonchev–Trinajstić information content (AvgIpc) is 3.22. The molecule has 4 saturated carbocycles. The molecule has 0 radical (unpaired) electrons. The highest BCUT2D eigenvalue weighted by molar-refractivity contribution is 7.89. The number of benzene rings is 1. The second-order valence-electron chi connectivity index (χ2n) is 10.8. The Labute approximate surface area is 189 Å². The molecule has 7 rings (SSSR count). The molecule has 1 unspecified atom stereocenters. The molecule has 1 amide bonds. The van der Waals surface area contributed by atoms with E-state index in [1.807, 2.05) is 18.2 Å². The molecule has 1 aromatic heterocycles. The molecule has 5 aliphatic rings. The molecular formula is C25H32N2O4S. The topological polar surface area (TPSA) is 79.6 Å². The Morgan fingerprint density at radius 3 is 2.44 bits per heavy atom. The van der Waals surface area contributed by atoms with E-state index in [1.54, 1.807) is 16.4 Å². The van der Waals surface area contributed by atoms with Gasteiger partial charge < -0.3 is 9.73 Å². The van der Waals surface area contributed by atoms with Gasteiger partial charge in [-0.3, -0.25) is 4.79 Å². The van der Waals surface area contributed by atoms with Crippen molar-refractivity contribution in [3.63, 3.8) is 0 Å².